The molecule has 0 aromatic heterocycles. The minimum Gasteiger partial charge on any atom is -0.411 e. The third-order valence-electron chi connectivity index (χ3n) is 1.92. The Hall–Kier alpha value is -1.49. The number of carbonyl (C=O) groups excluding carboxylic acids is 1. The summed E-state index contributed by atoms with van der Waals surface area (Å²) in [4.78, 5) is 11.9. The second-order valence-corrected chi connectivity index (χ2v) is 5.88. The van der Waals surface area contributed by atoms with E-state index in [1.54, 1.807) is 11.8 Å². The molecule has 1 rings (SSSR count). The summed E-state index contributed by atoms with van der Waals surface area (Å²) in [5, 5.41) is 14.3. The lowest BCUT2D eigenvalue weighted by molar-refractivity contribution is -0.114. The average molecular weight is 252 g/mol. The largest absolute Gasteiger partial charge is 0.411 e. The van der Waals surface area contributed by atoms with Crippen molar-refractivity contribution in [1.29, 1.82) is 0 Å². The predicted octanol–water partition coefficient (Wildman–Crippen LogP) is 2.98. The first-order chi connectivity index (χ1) is 7.93. The van der Waals surface area contributed by atoms with Crippen LogP contribution in [0.5, 0.6) is 0 Å². The number of hydrogen-bond acceptors (Lipinski definition) is 4. The van der Waals surface area contributed by atoms with E-state index >= 15 is 0 Å². The Balaban J connectivity index is 2.71. The second-order valence-electron chi connectivity index (χ2n) is 4.16. The zero-order chi connectivity index (χ0) is 12.9. The first-order valence-corrected chi connectivity index (χ1v) is 6.00. The molecule has 0 radical (unpaired) electrons. The maximum absolute atomic E-state index is 10.9. The third-order valence-corrected chi connectivity index (χ3v) is 3.06. The van der Waals surface area contributed by atoms with Crippen LogP contribution in [0.1, 0.15) is 20.8 Å². The lowest BCUT2D eigenvalue weighted by Gasteiger charge is -2.17. The van der Waals surface area contributed by atoms with Gasteiger partial charge in [-0.2, -0.15) is 0 Å². The zero-order valence-corrected chi connectivity index (χ0v) is 10.9. The number of carbonyl (C=O) groups is 1. The Morgan fingerprint density at radius 3 is 2.47 bits per heavy atom. The molecule has 0 atom stereocenters. The number of amides is 1. The van der Waals surface area contributed by atoms with Gasteiger partial charge in [0, 0.05) is 17.5 Å². The highest BCUT2D eigenvalue weighted by molar-refractivity contribution is 8.01. The Bertz CT molecular complexity index is 413. The maximum Gasteiger partial charge on any atom is 0.221 e. The van der Waals surface area contributed by atoms with Crippen molar-refractivity contribution >= 4 is 29.6 Å². The number of benzene rings is 1. The van der Waals surface area contributed by atoms with Gasteiger partial charge in [-0.1, -0.05) is 0 Å². The van der Waals surface area contributed by atoms with Crippen molar-refractivity contribution in [3.05, 3.63) is 24.3 Å². The molecule has 2 N–H and O–H groups in total. The van der Waals surface area contributed by atoms with Crippen LogP contribution in [0, 0.1) is 0 Å². The van der Waals surface area contributed by atoms with E-state index in [4.69, 9.17) is 5.21 Å². The molecule has 0 fully saturated rings. The number of oxime groups is 1. The van der Waals surface area contributed by atoms with Gasteiger partial charge in [-0.15, -0.1) is 16.9 Å². The van der Waals surface area contributed by atoms with Crippen molar-refractivity contribution in [2.24, 2.45) is 5.16 Å². The monoisotopic (exact) mass is 252 g/mol. The number of thioether (sulfide) groups is 1. The van der Waals surface area contributed by atoms with Gasteiger partial charge >= 0.3 is 0 Å². The smallest absolute Gasteiger partial charge is 0.221 e. The predicted molar refractivity (Wildman–Crippen MR) is 71.0 cm³/mol. The van der Waals surface area contributed by atoms with Crippen LogP contribution in [0.25, 0.3) is 0 Å². The van der Waals surface area contributed by atoms with Crippen LogP contribution in [0.4, 0.5) is 5.69 Å². The number of rotatable bonds is 4. The Morgan fingerprint density at radius 1 is 1.41 bits per heavy atom. The fourth-order valence-electron chi connectivity index (χ4n) is 1.28. The minimum absolute atomic E-state index is 0.0850. The third kappa shape index (κ3) is 4.91. The standard InChI is InChI=1S/C12H16N2O2S/c1-9(15)14-10-4-6-11(7-5-10)17-12(2,3)8-13-16/h4-8,16H,1-3H3,(H,14,15)/b13-8+. The summed E-state index contributed by atoms with van der Waals surface area (Å²) in [5.41, 5.74) is 0.774. The summed E-state index contributed by atoms with van der Waals surface area (Å²) < 4.78 is -0.274. The fraction of sp³-hybridized carbons (Fsp3) is 0.333. The highest BCUT2D eigenvalue weighted by Gasteiger charge is 2.16. The summed E-state index contributed by atoms with van der Waals surface area (Å²) >= 11 is 1.58. The lowest BCUT2D eigenvalue weighted by atomic mass is 10.2. The molecule has 0 aliphatic heterocycles. The topological polar surface area (TPSA) is 61.7 Å². The molecular formula is C12H16N2O2S. The molecule has 0 saturated heterocycles. The molecule has 0 bridgehead atoms. The molecule has 0 aliphatic carbocycles. The molecule has 0 aliphatic rings. The van der Waals surface area contributed by atoms with Crippen molar-refractivity contribution < 1.29 is 10.0 Å². The van der Waals surface area contributed by atoms with Crippen molar-refractivity contribution in [1.82, 2.24) is 0 Å². The Labute approximate surface area is 105 Å². The van der Waals surface area contributed by atoms with Gasteiger partial charge in [0.1, 0.15) is 0 Å². The first-order valence-electron chi connectivity index (χ1n) is 5.18. The molecule has 1 aromatic rings. The lowest BCUT2D eigenvalue weighted by Crippen LogP contribution is -2.16. The summed E-state index contributed by atoms with van der Waals surface area (Å²) in [6, 6.07) is 7.53. The van der Waals surface area contributed by atoms with Crippen LogP contribution in [-0.4, -0.2) is 22.1 Å². The molecule has 1 amide bonds. The van der Waals surface area contributed by atoms with Gasteiger partial charge in [0.05, 0.1) is 11.0 Å². The quantitative estimate of drug-likeness (QED) is 0.375. The Morgan fingerprint density at radius 2 is 2.00 bits per heavy atom. The summed E-state index contributed by atoms with van der Waals surface area (Å²) in [5.74, 6) is -0.0850. The molecule has 0 saturated carbocycles. The van der Waals surface area contributed by atoms with Crippen molar-refractivity contribution in [2.45, 2.75) is 30.4 Å². The van der Waals surface area contributed by atoms with E-state index in [-0.39, 0.29) is 10.7 Å². The van der Waals surface area contributed by atoms with E-state index < -0.39 is 0 Å². The second kappa shape index (κ2) is 5.72. The van der Waals surface area contributed by atoms with Crippen LogP contribution in [0.15, 0.2) is 34.3 Å². The van der Waals surface area contributed by atoms with Crippen LogP contribution < -0.4 is 5.32 Å². The molecule has 17 heavy (non-hydrogen) atoms. The van der Waals surface area contributed by atoms with Crippen molar-refractivity contribution in [2.75, 3.05) is 5.32 Å². The molecular weight excluding hydrogens is 236 g/mol. The highest BCUT2D eigenvalue weighted by atomic mass is 32.2. The minimum atomic E-state index is -0.274. The van der Waals surface area contributed by atoms with Crippen LogP contribution in [0.3, 0.4) is 0 Å². The molecule has 4 nitrogen and oxygen atoms in total. The fourth-order valence-corrected chi connectivity index (χ4v) is 2.26. The van der Waals surface area contributed by atoms with Crippen molar-refractivity contribution in [3.8, 4) is 0 Å². The number of hydrogen-bond donors (Lipinski definition) is 2. The first kappa shape index (κ1) is 13.6. The summed E-state index contributed by atoms with van der Waals surface area (Å²) in [6.45, 7) is 5.39. The van der Waals surface area contributed by atoms with E-state index in [1.807, 2.05) is 38.1 Å². The molecule has 1 aromatic carbocycles. The maximum atomic E-state index is 10.9. The molecule has 0 heterocycles. The highest BCUT2D eigenvalue weighted by Crippen LogP contribution is 2.31. The van der Waals surface area contributed by atoms with Gasteiger partial charge in [0.15, 0.2) is 0 Å². The average Bonchev–Trinajstić information content (AvgIpc) is 2.19. The van der Waals surface area contributed by atoms with Gasteiger partial charge in [-0.25, -0.2) is 0 Å². The van der Waals surface area contributed by atoms with Crippen LogP contribution in [-0.2, 0) is 4.79 Å². The SMILES string of the molecule is CC(=O)Nc1ccc(SC(C)(C)/C=N/O)cc1. The Kier molecular flexibility index (Phi) is 4.57. The van der Waals surface area contributed by atoms with E-state index in [9.17, 15) is 4.79 Å². The van der Waals surface area contributed by atoms with Gasteiger partial charge in [0.2, 0.25) is 5.91 Å². The van der Waals surface area contributed by atoms with E-state index in [2.05, 4.69) is 10.5 Å². The van der Waals surface area contributed by atoms with E-state index in [1.165, 1.54) is 13.1 Å². The molecule has 0 spiro atoms. The van der Waals surface area contributed by atoms with Gasteiger partial charge in [-0.05, 0) is 38.1 Å². The molecule has 5 heteroatoms. The van der Waals surface area contributed by atoms with Crippen LogP contribution >= 0.6 is 11.8 Å². The number of nitrogens with one attached hydrogen (secondary N) is 1. The number of nitrogens with zero attached hydrogens (tertiary/aromatic N) is 1. The van der Waals surface area contributed by atoms with Gasteiger partial charge in [-0.3, -0.25) is 4.79 Å². The van der Waals surface area contributed by atoms with Crippen molar-refractivity contribution in [3.63, 3.8) is 0 Å². The van der Waals surface area contributed by atoms with Gasteiger partial charge < -0.3 is 10.5 Å². The molecule has 0 unspecified atom stereocenters. The van der Waals surface area contributed by atoms with E-state index in [0.717, 1.165) is 10.6 Å². The molecule has 92 valence electrons. The van der Waals surface area contributed by atoms with E-state index in [0.29, 0.717) is 0 Å². The number of anilines is 1. The van der Waals surface area contributed by atoms with Gasteiger partial charge in [0.25, 0.3) is 0 Å². The normalized spacial score (nSPS) is 11.7. The van der Waals surface area contributed by atoms with Crippen LogP contribution in [0.2, 0.25) is 0 Å². The summed E-state index contributed by atoms with van der Waals surface area (Å²) in [6.07, 6.45) is 1.49. The zero-order valence-electron chi connectivity index (χ0n) is 10.1. The summed E-state index contributed by atoms with van der Waals surface area (Å²) in [7, 11) is 0.